The normalized spacial score (nSPS) is 13.6. The number of ether oxygens (including phenoxy) is 1. The summed E-state index contributed by atoms with van der Waals surface area (Å²) in [6.45, 7) is 22.6. The largest absolute Gasteiger partial charge is 0.453 e. The minimum Gasteiger partial charge on any atom is -0.453 e. The van der Waals surface area contributed by atoms with Gasteiger partial charge in [-0.15, -0.1) is 0 Å². The highest BCUT2D eigenvalue weighted by Gasteiger charge is 2.43. The number of rotatable bonds is 26. The van der Waals surface area contributed by atoms with Crippen LogP contribution < -0.4 is 9.64 Å². The van der Waals surface area contributed by atoms with E-state index in [1.54, 1.807) is 22.3 Å². The molecule has 2 heteroatoms. The Morgan fingerprint density at radius 3 is 1.10 bits per heavy atom. The Balaban J connectivity index is 0.000000161. The van der Waals surface area contributed by atoms with Crippen molar-refractivity contribution in [1.29, 1.82) is 0 Å². The van der Waals surface area contributed by atoms with Gasteiger partial charge in [-0.1, -0.05) is 282 Å². The Bertz CT molecular complexity index is 2950. The Labute approximate surface area is 493 Å². The fourth-order valence-electron chi connectivity index (χ4n) is 13.9. The molecule has 2 aliphatic carbocycles. The van der Waals surface area contributed by atoms with Gasteiger partial charge in [-0.25, -0.2) is 0 Å². The van der Waals surface area contributed by atoms with E-state index in [0.717, 1.165) is 29.3 Å². The number of para-hydroxylation sites is 2. The Hall–Kier alpha value is -5.86. The third-order valence-corrected chi connectivity index (χ3v) is 18.4. The van der Waals surface area contributed by atoms with Gasteiger partial charge in [-0.2, -0.15) is 0 Å². The molecule has 7 aromatic carbocycles. The molecule has 0 saturated carbocycles. The van der Waals surface area contributed by atoms with Crippen LogP contribution in [0.1, 0.15) is 244 Å². The van der Waals surface area contributed by atoms with Crippen LogP contribution in [0.2, 0.25) is 0 Å². The first-order chi connectivity index (χ1) is 39.5. The lowest BCUT2D eigenvalue weighted by Crippen LogP contribution is -2.25. The zero-order valence-electron chi connectivity index (χ0n) is 52.3. The van der Waals surface area contributed by atoms with Gasteiger partial charge in [0.15, 0.2) is 11.5 Å². The fraction of sp³-hybridized carbons (Fsp3) is 0.468. The van der Waals surface area contributed by atoms with Crippen molar-refractivity contribution in [1.82, 2.24) is 0 Å². The number of fused-ring (bicyclic) bond motifs is 8. The Kier molecular flexibility index (Phi) is 22.6. The van der Waals surface area contributed by atoms with E-state index in [-0.39, 0.29) is 10.8 Å². The van der Waals surface area contributed by atoms with Crippen molar-refractivity contribution in [2.75, 3.05) is 4.90 Å². The molecular formula is C79H103NO. The smallest absolute Gasteiger partial charge is 0.151 e. The quantitative estimate of drug-likeness (QED) is 0.0501. The highest BCUT2D eigenvalue weighted by Crippen LogP contribution is 2.57. The van der Waals surface area contributed by atoms with Gasteiger partial charge in [-0.3, -0.25) is 0 Å². The second kappa shape index (κ2) is 29.9. The lowest BCUT2D eigenvalue weighted by atomic mass is 9.70. The van der Waals surface area contributed by atoms with E-state index >= 15 is 0 Å². The van der Waals surface area contributed by atoms with Crippen molar-refractivity contribution < 1.29 is 4.74 Å². The maximum Gasteiger partial charge on any atom is 0.151 e. The summed E-state index contributed by atoms with van der Waals surface area (Å²) in [5, 5.41) is 0. The van der Waals surface area contributed by atoms with E-state index in [1.807, 2.05) is 12.1 Å². The van der Waals surface area contributed by atoms with Gasteiger partial charge in [0, 0.05) is 16.5 Å². The molecule has 0 amide bonds. The molecule has 0 N–H and O–H groups in total. The summed E-state index contributed by atoms with van der Waals surface area (Å²) in [5.74, 6) is 1.81. The van der Waals surface area contributed by atoms with Crippen molar-refractivity contribution in [2.24, 2.45) is 0 Å². The van der Waals surface area contributed by atoms with Crippen molar-refractivity contribution in [3.63, 3.8) is 0 Å². The van der Waals surface area contributed by atoms with Crippen LogP contribution in [0.15, 0.2) is 140 Å². The molecule has 0 aromatic heterocycles. The van der Waals surface area contributed by atoms with Crippen LogP contribution in [0.5, 0.6) is 11.5 Å². The van der Waals surface area contributed by atoms with E-state index in [1.165, 1.54) is 215 Å². The number of nitrogens with zero attached hydrogens (tertiary/aromatic N) is 1. The molecule has 0 atom stereocenters. The van der Waals surface area contributed by atoms with Crippen molar-refractivity contribution in [3.8, 4) is 33.8 Å². The predicted octanol–water partition coefficient (Wildman–Crippen LogP) is 24.7. The first-order valence-corrected chi connectivity index (χ1v) is 32.7. The number of unbranched alkanes of at least 4 members (excludes halogenated alkanes) is 15. The van der Waals surface area contributed by atoms with Crippen LogP contribution >= 0.6 is 0 Å². The third kappa shape index (κ3) is 14.7. The maximum atomic E-state index is 6.15. The van der Waals surface area contributed by atoms with Crippen LogP contribution in [0.25, 0.3) is 22.3 Å². The summed E-state index contributed by atoms with van der Waals surface area (Å²) in [7, 11) is 0. The van der Waals surface area contributed by atoms with E-state index in [2.05, 4.69) is 202 Å². The topological polar surface area (TPSA) is 12.5 Å². The number of hydrogen-bond donors (Lipinski definition) is 0. The molecule has 7 aromatic rings. The van der Waals surface area contributed by atoms with Gasteiger partial charge in [0.05, 0.1) is 11.4 Å². The van der Waals surface area contributed by atoms with Gasteiger partial charge in [0.1, 0.15) is 0 Å². The highest BCUT2D eigenvalue weighted by molar-refractivity contribution is 5.87. The summed E-state index contributed by atoms with van der Waals surface area (Å²) in [5.41, 5.74) is 24.6. The van der Waals surface area contributed by atoms with Gasteiger partial charge >= 0.3 is 0 Å². The fourth-order valence-corrected chi connectivity index (χ4v) is 13.9. The molecule has 0 spiro atoms. The van der Waals surface area contributed by atoms with E-state index in [9.17, 15) is 0 Å². The molecular weight excluding hydrogens is 979 g/mol. The summed E-state index contributed by atoms with van der Waals surface area (Å²) < 4.78 is 6.15. The van der Waals surface area contributed by atoms with Crippen LogP contribution in [-0.2, 0) is 17.3 Å². The molecule has 3 aliphatic rings. The molecule has 0 saturated heterocycles. The average Bonchev–Trinajstić information content (AvgIpc) is 3.90. The summed E-state index contributed by atoms with van der Waals surface area (Å²) >= 11 is 0. The van der Waals surface area contributed by atoms with Crippen molar-refractivity contribution in [3.05, 3.63) is 195 Å². The zero-order valence-corrected chi connectivity index (χ0v) is 52.3. The average molecular weight is 1080 g/mol. The Morgan fingerprint density at radius 2 is 0.667 bits per heavy atom. The molecule has 0 radical (unpaired) electrons. The van der Waals surface area contributed by atoms with Crippen LogP contribution in [0, 0.1) is 34.6 Å². The van der Waals surface area contributed by atoms with Gasteiger partial charge < -0.3 is 9.64 Å². The maximum absolute atomic E-state index is 6.15. The number of benzene rings is 7. The summed E-state index contributed by atoms with van der Waals surface area (Å²) in [6.07, 6.45) is 33.4. The van der Waals surface area contributed by atoms with Gasteiger partial charge in [-0.05, 0) is 165 Å². The first-order valence-electron chi connectivity index (χ1n) is 32.7. The first kappa shape index (κ1) is 61.2. The molecule has 0 bridgehead atoms. The van der Waals surface area contributed by atoms with Crippen LogP contribution in [0.4, 0.5) is 17.1 Å². The van der Waals surface area contributed by atoms with Crippen molar-refractivity contribution in [2.45, 2.75) is 241 Å². The lowest BCUT2D eigenvalue weighted by Gasteiger charge is -2.33. The van der Waals surface area contributed by atoms with Crippen molar-refractivity contribution >= 4 is 17.1 Å². The molecule has 81 heavy (non-hydrogen) atoms. The second-order valence-corrected chi connectivity index (χ2v) is 25.0. The molecule has 2 nitrogen and oxygen atoms in total. The highest BCUT2D eigenvalue weighted by atomic mass is 16.5. The molecule has 1 aliphatic heterocycles. The molecule has 0 fully saturated rings. The monoisotopic (exact) mass is 1080 g/mol. The summed E-state index contributed by atoms with van der Waals surface area (Å²) in [4.78, 5) is 2.29. The van der Waals surface area contributed by atoms with E-state index in [4.69, 9.17) is 4.74 Å². The summed E-state index contributed by atoms with van der Waals surface area (Å²) in [6, 6.07) is 52.3. The minimum atomic E-state index is 0.234. The molecule has 0 unspecified atom stereocenters. The van der Waals surface area contributed by atoms with E-state index < -0.39 is 0 Å². The van der Waals surface area contributed by atoms with Gasteiger partial charge in [0.25, 0.3) is 0 Å². The minimum absolute atomic E-state index is 0.234. The standard InChI is InChI=1S/C31H46.C25H34.C23H23NO/c1-5-7-9-11-13-15-21-31(22-16-14-12-10-8-6-2)29-23-25(3)17-19-27(29)28-20-18-26(4)24-30(28)31;1-5-7-9-15-25(16-10-8-6-2)23-17-19(3)11-13-21(23)22-14-12-20(4)18-24(22)25;1-3-4-7-18-11-13-19(14-12-18)24-20-8-5-6-9-22(20)25-23-16-17(2)10-15-21(23)24/h17-20,23-24H,5-16,21-22H2,1-4H3;11-14,17-18H,5-10,15-16H2,1-4H3;5-6,8-16H,3-4,7H2,1-2H3. The molecule has 1 heterocycles. The molecule has 10 rings (SSSR count). The number of aryl methyl sites for hydroxylation is 6. The Morgan fingerprint density at radius 1 is 0.321 bits per heavy atom. The lowest BCUT2D eigenvalue weighted by molar-refractivity contribution is 0.397. The van der Waals surface area contributed by atoms with Gasteiger partial charge in [0.2, 0.25) is 0 Å². The number of hydrogen-bond acceptors (Lipinski definition) is 2. The zero-order chi connectivity index (χ0) is 57.2. The second-order valence-electron chi connectivity index (χ2n) is 25.0. The van der Waals surface area contributed by atoms with E-state index in [0.29, 0.717) is 0 Å². The van der Waals surface area contributed by atoms with Crippen LogP contribution in [0.3, 0.4) is 0 Å². The third-order valence-electron chi connectivity index (χ3n) is 18.4. The van der Waals surface area contributed by atoms with Crippen LogP contribution in [-0.4, -0.2) is 0 Å². The molecule has 430 valence electrons. The number of anilines is 3. The SMILES string of the molecule is CCCCCC1(CCCCC)c2cc(C)ccc2-c2ccc(C)cc21.CCCCCCCCC1(CCCCCCCC)c2cc(C)ccc2-c2ccc(C)cc21.CCCCc1ccc(N2c3ccccc3Oc3cc(C)ccc32)cc1. The predicted molar refractivity (Wildman–Crippen MR) is 353 cm³/mol.